The second-order valence-electron chi connectivity index (χ2n) is 7.51. The molecule has 2 rings (SSSR count). The molecule has 1 aliphatic rings. The van der Waals surface area contributed by atoms with Crippen molar-refractivity contribution < 1.29 is 5.11 Å². The molecule has 1 aromatic rings. The van der Waals surface area contributed by atoms with Crippen LogP contribution >= 0.6 is 0 Å². The van der Waals surface area contributed by atoms with Crippen LogP contribution in [0.15, 0.2) is 12.4 Å². The standard InChI is InChI=1S/C20H36N2O/c1-18(17-23)11-9-7-5-3-2-4-6-8-10-15-22-16-14-21-20(22)19-12-13-19/h14,16,18-19,23H,2-13,15,17H2,1H3. The average molecular weight is 321 g/mol. The lowest BCUT2D eigenvalue weighted by Gasteiger charge is -2.07. The van der Waals surface area contributed by atoms with Crippen molar-refractivity contribution in [1.29, 1.82) is 0 Å². The maximum atomic E-state index is 8.98. The summed E-state index contributed by atoms with van der Waals surface area (Å²) in [4.78, 5) is 4.51. The van der Waals surface area contributed by atoms with Gasteiger partial charge in [0, 0.05) is 31.5 Å². The van der Waals surface area contributed by atoms with Crippen LogP contribution in [0.5, 0.6) is 0 Å². The van der Waals surface area contributed by atoms with Gasteiger partial charge in [0.25, 0.3) is 0 Å². The lowest BCUT2D eigenvalue weighted by Crippen LogP contribution is -2.01. The highest BCUT2D eigenvalue weighted by atomic mass is 16.3. The molecule has 1 heterocycles. The normalized spacial score (nSPS) is 15.9. The van der Waals surface area contributed by atoms with Crippen LogP contribution in [0.2, 0.25) is 0 Å². The molecule has 0 saturated heterocycles. The number of rotatable bonds is 14. The smallest absolute Gasteiger partial charge is 0.111 e. The molecule has 0 amide bonds. The molecule has 1 N–H and O–H groups in total. The number of unbranched alkanes of at least 4 members (excludes halogenated alkanes) is 8. The first-order chi connectivity index (χ1) is 11.3. The highest BCUT2D eigenvalue weighted by Crippen LogP contribution is 2.39. The molecule has 0 aromatic carbocycles. The van der Waals surface area contributed by atoms with Crippen molar-refractivity contribution in [1.82, 2.24) is 9.55 Å². The van der Waals surface area contributed by atoms with Crippen molar-refractivity contribution in [2.24, 2.45) is 5.92 Å². The molecule has 3 nitrogen and oxygen atoms in total. The summed E-state index contributed by atoms with van der Waals surface area (Å²) in [6.07, 6.45) is 20.2. The number of aromatic nitrogens is 2. The van der Waals surface area contributed by atoms with E-state index in [1.54, 1.807) is 0 Å². The number of aliphatic hydroxyl groups excluding tert-OH is 1. The maximum Gasteiger partial charge on any atom is 0.111 e. The zero-order chi connectivity index (χ0) is 16.3. The minimum absolute atomic E-state index is 0.348. The van der Waals surface area contributed by atoms with Gasteiger partial charge in [0.15, 0.2) is 0 Å². The van der Waals surface area contributed by atoms with Crippen LogP contribution in [0, 0.1) is 5.92 Å². The molecule has 1 unspecified atom stereocenters. The van der Waals surface area contributed by atoms with Crippen LogP contribution < -0.4 is 0 Å². The first-order valence-electron chi connectivity index (χ1n) is 9.93. The molecule has 1 aliphatic carbocycles. The van der Waals surface area contributed by atoms with Crippen molar-refractivity contribution in [3.8, 4) is 0 Å². The summed E-state index contributed by atoms with van der Waals surface area (Å²) in [6, 6.07) is 0. The molecule has 0 spiro atoms. The Morgan fingerprint density at radius 3 is 2.26 bits per heavy atom. The van der Waals surface area contributed by atoms with E-state index in [-0.39, 0.29) is 0 Å². The molecule has 1 fully saturated rings. The lowest BCUT2D eigenvalue weighted by molar-refractivity contribution is 0.227. The van der Waals surface area contributed by atoms with Gasteiger partial charge in [-0.2, -0.15) is 0 Å². The third-order valence-corrected chi connectivity index (χ3v) is 5.10. The van der Waals surface area contributed by atoms with Crippen LogP contribution in [0.3, 0.4) is 0 Å². The van der Waals surface area contributed by atoms with Gasteiger partial charge in [0.2, 0.25) is 0 Å². The van der Waals surface area contributed by atoms with Crippen LogP contribution in [0.25, 0.3) is 0 Å². The number of aryl methyl sites for hydroxylation is 1. The molecular formula is C20H36N2O. The van der Waals surface area contributed by atoms with Gasteiger partial charge in [-0.15, -0.1) is 0 Å². The quantitative estimate of drug-likeness (QED) is 0.473. The largest absolute Gasteiger partial charge is 0.396 e. The molecule has 1 saturated carbocycles. The molecule has 0 radical (unpaired) electrons. The van der Waals surface area contributed by atoms with E-state index in [1.807, 2.05) is 6.20 Å². The average Bonchev–Trinajstić information content (AvgIpc) is 3.31. The van der Waals surface area contributed by atoms with E-state index < -0.39 is 0 Å². The van der Waals surface area contributed by atoms with Gasteiger partial charge in [-0.05, 0) is 31.6 Å². The van der Waals surface area contributed by atoms with Crippen molar-refractivity contribution >= 4 is 0 Å². The minimum atomic E-state index is 0.348. The molecule has 0 aliphatic heterocycles. The fraction of sp³-hybridized carbons (Fsp3) is 0.850. The number of hydrogen-bond acceptors (Lipinski definition) is 2. The molecule has 132 valence electrons. The number of imidazole rings is 1. The third kappa shape index (κ3) is 7.52. The van der Waals surface area contributed by atoms with E-state index in [9.17, 15) is 0 Å². The second kappa shape index (κ2) is 10.9. The monoisotopic (exact) mass is 320 g/mol. The second-order valence-corrected chi connectivity index (χ2v) is 7.51. The SMILES string of the molecule is CC(CO)CCCCCCCCCCCn1ccnc1C1CC1. The fourth-order valence-electron chi connectivity index (χ4n) is 3.31. The summed E-state index contributed by atoms with van der Waals surface area (Å²) >= 11 is 0. The van der Waals surface area contributed by atoms with E-state index in [1.165, 1.54) is 82.9 Å². The topological polar surface area (TPSA) is 38.0 Å². The minimum Gasteiger partial charge on any atom is -0.396 e. The molecule has 1 aromatic heterocycles. The van der Waals surface area contributed by atoms with Crippen molar-refractivity contribution in [3.05, 3.63) is 18.2 Å². The first-order valence-corrected chi connectivity index (χ1v) is 9.93. The molecular weight excluding hydrogens is 284 g/mol. The molecule has 3 heteroatoms. The molecule has 0 bridgehead atoms. The van der Waals surface area contributed by atoms with Gasteiger partial charge in [-0.1, -0.05) is 58.3 Å². The van der Waals surface area contributed by atoms with Gasteiger partial charge in [-0.3, -0.25) is 0 Å². The van der Waals surface area contributed by atoms with Crippen molar-refractivity contribution in [2.75, 3.05) is 6.61 Å². The Hall–Kier alpha value is -0.830. The van der Waals surface area contributed by atoms with Crippen molar-refractivity contribution in [3.63, 3.8) is 0 Å². The maximum absolute atomic E-state index is 8.98. The number of hydrogen-bond donors (Lipinski definition) is 1. The van der Waals surface area contributed by atoms with E-state index in [2.05, 4.69) is 22.7 Å². The molecule has 23 heavy (non-hydrogen) atoms. The summed E-state index contributed by atoms with van der Waals surface area (Å²) in [7, 11) is 0. The van der Waals surface area contributed by atoms with Gasteiger partial charge in [-0.25, -0.2) is 4.98 Å². The highest BCUT2D eigenvalue weighted by molar-refractivity contribution is 5.07. The Balaban J connectivity index is 1.36. The van der Waals surface area contributed by atoms with E-state index >= 15 is 0 Å². The van der Waals surface area contributed by atoms with Crippen LogP contribution in [-0.4, -0.2) is 21.3 Å². The van der Waals surface area contributed by atoms with Gasteiger partial charge < -0.3 is 9.67 Å². The third-order valence-electron chi connectivity index (χ3n) is 5.10. The Morgan fingerprint density at radius 2 is 1.65 bits per heavy atom. The van der Waals surface area contributed by atoms with Crippen LogP contribution in [-0.2, 0) is 6.54 Å². The van der Waals surface area contributed by atoms with Crippen LogP contribution in [0.1, 0.15) is 95.7 Å². The zero-order valence-electron chi connectivity index (χ0n) is 15.1. The van der Waals surface area contributed by atoms with E-state index in [0.29, 0.717) is 12.5 Å². The van der Waals surface area contributed by atoms with Gasteiger partial charge >= 0.3 is 0 Å². The first kappa shape index (κ1) is 18.5. The summed E-state index contributed by atoms with van der Waals surface area (Å²) < 4.78 is 2.38. The summed E-state index contributed by atoms with van der Waals surface area (Å²) in [5.41, 5.74) is 0. The summed E-state index contributed by atoms with van der Waals surface area (Å²) in [6.45, 7) is 3.65. The zero-order valence-corrected chi connectivity index (χ0v) is 15.1. The number of aliphatic hydroxyl groups is 1. The lowest BCUT2D eigenvalue weighted by atomic mass is 10.0. The van der Waals surface area contributed by atoms with Crippen LogP contribution in [0.4, 0.5) is 0 Å². The fourth-order valence-corrected chi connectivity index (χ4v) is 3.31. The summed E-state index contributed by atoms with van der Waals surface area (Å²) in [5.74, 6) is 2.59. The highest BCUT2D eigenvalue weighted by Gasteiger charge is 2.27. The molecule has 1 atom stereocenters. The van der Waals surface area contributed by atoms with E-state index in [4.69, 9.17) is 5.11 Å². The van der Waals surface area contributed by atoms with Gasteiger partial charge in [0.05, 0.1) is 0 Å². The Morgan fingerprint density at radius 1 is 1.04 bits per heavy atom. The van der Waals surface area contributed by atoms with Crippen molar-refractivity contribution in [2.45, 2.75) is 96.4 Å². The van der Waals surface area contributed by atoms with E-state index in [0.717, 1.165) is 12.5 Å². The Bertz CT molecular complexity index is 412. The van der Waals surface area contributed by atoms with Gasteiger partial charge in [0.1, 0.15) is 5.82 Å². The predicted octanol–water partition coefficient (Wildman–Crippen LogP) is 5.29. The summed E-state index contributed by atoms with van der Waals surface area (Å²) in [5, 5.41) is 8.98. The number of nitrogens with zero attached hydrogens (tertiary/aromatic N) is 2. The Labute approximate surface area is 142 Å². The Kier molecular flexibility index (Phi) is 8.73. The predicted molar refractivity (Wildman–Crippen MR) is 96.6 cm³/mol.